The first-order valence-corrected chi connectivity index (χ1v) is 15.4. The number of nitrogens with one attached hydrogen (secondary N) is 3. The Balaban J connectivity index is 1.19. The van der Waals surface area contributed by atoms with Crippen molar-refractivity contribution in [2.75, 3.05) is 0 Å². The molecule has 6 aromatic carbocycles. The summed E-state index contributed by atoms with van der Waals surface area (Å²) in [4.78, 5) is 5.34. The summed E-state index contributed by atoms with van der Waals surface area (Å²) in [6.07, 6.45) is 1.73. The molecule has 1 aromatic heterocycles. The fourth-order valence-electron chi connectivity index (χ4n) is 6.71. The highest BCUT2D eigenvalue weighted by Gasteiger charge is 2.35. The average Bonchev–Trinajstić information content (AvgIpc) is 3.49. The third-order valence-electron chi connectivity index (χ3n) is 8.97. The van der Waals surface area contributed by atoms with Crippen LogP contribution < -0.4 is 16.0 Å². The maximum absolute atomic E-state index is 6.51. The van der Waals surface area contributed by atoms with Crippen LogP contribution in [0.1, 0.15) is 46.4 Å². The molecule has 9 rings (SSSR count). The average molecular weight is 583 g/mol. The predicted molar refractivity (Wildman–Crippen MR) is 183 cm³/mol. The molecule has 3 N–H and O–H groups in total. The highest BCUT2D eigenvalue weighted by atomic mass is 16.3. The molecular weight excluding hydrogens is 552 g/mol. The number of rotatable bonds is 4. The third kappa shape index (κ3) is 4.57. The maximum Gasteiger partial charge on any atom is 0.136 e. The molecule has 0 saturated carbocycles. The number of furan rings is 1. The van der Waals surface area contributed by atoms with Gasteiger partial charge >= 0.3 is 0 Å². The Bertz CT molecular complexity index is 2280. The first kappa shape index (κ1) is 25.8. The molecular formula is C40H30N4O. The zero-order valence-electron chi connectivity index (χ0n) is 24.4. The number of hydrogen-bond donors (Lipinski definition) is 3. The van der Waals surface area contributed by atoms with Gasteiger partial charge in [0.2, 0.25) is 0 Å². The molecule has 0 aliphatic carbocycles. The molecule has 3 atom stereocenters. The smallest absolute Gasteiger partial charge is 0.136 e. The number of aliphatic imine (C=N–C) groups is 1. The van der Waals surface area contributed by atoms with E-state index in [0.29, 0.717) is 0 Å². The van der Waals surface area contributed by atoms with Crippen molar-refractivity contribution in [3.63, 3.8) is 0 Å². The van der Waals surface area contributed by atoms with Gasteiger partial charge < -0.3 is 15.1 Å². The first-order chi connectivity index (χ1) is 22.3. The van der Waals surface area contributed by atoms with E-state index >= 15 is 0 Å². The maximum atomic E-state index is 6.51. The summed E-state index contributed by atoms with van der Waals surface area (Å²) in [5.41, 5.74) is 6.32. The SMILES string of the molecule is C1=C(c2ccc3ccccc3c2)NC(C2=NC(c3ccccc3)NC(c3ccc4ccccc4c3)N2)c2c1oc1ccccc21. The molecule has 5 nitrogen and oxygen atoms in total. The lowest BCUT2D eigenvalue weighted by atomic mass is 9.94. The van der Waals surface area contributed by atoms with Gasteiger partial charge in [0.1, 0.15) is 35.6 Å². The van der Waals surface area contributed by atoms with Crippen molar-refractivity contribution in [2.24, 2.45) is 4.99 Å². The van der Waals surface area contributed by atoms with Crippen LogP contribution in [0.4, 0.5) is 0 Å². The molecule has 0 fully saturated rings. The summed E-state index contributed by atoms with van der Waals surface area (Å²) in [6.45, 7) is 0. The Kier molecular flexibility index (Phi) is 6.03. The van der Waals surface area contributed by atoms with Crippen molar-refractivity contribution in [3.05, 3.63) is 168 Å². The summed E-state index contributed by atoms with van der Waals surface area (Å²) >= 11 is 0. The standard InChI is InChI=1S/C40H30N4O/c1-2-12-27(13-3-1)38-42-39(31-21-19-26-11-5-7-15-29(26)23-31)44-40(43-38)37-36-32-16-8-9-17-34(32)45-35(36)24-33(41-37)30-20-18-25-10-4-6-14-28(25)22-30/h1-24,37-39,41-42H,(H,43,44). The van der Waals surface area contributed by atoms with Gasteiger partial charge in [0, 0.05) is 22.7 Å². The third-order valence-corrected chi connectivity index (χ3v) is 8.97. The largest absolute Gasteiger partial charge is 0.456 e. The van der Waals surface area contributed by atoms with E-state index in [1.54, 1.807) is 0 Å². The topological polar surface area (TPSA) is 61.6 Å². The van der Waals surface area contributed by atoms with Gasteiger partial charge in [0.15, 0.2) is 0 Å². The molecule has 0 bridgehead atoms. The molecule has 0 amide bonds. The summed E-state index contributed by atoms with van der Waals surface area (Å²) in [5, 5.41) is 17.4. The van der Waals surface area contributed by atoms with Gasteiger partial charge in [-0.15, -0.1) is 0 Å². The van der Waals surface area contributed by atoms with Gasteiger partial charge in [-0.25, -0.2) is 4.99 Å². The van der Waals surface area contributed by atoms with E-state index in [2.05, 4.69) is 143 Å². The van der Waals surface area contributed by atoms with Crippen molar-refractivity contribution < 1.29 is 4.42 Å². The molecule has 3 heterocycles. The Morgan fingerprint density at radius 2 is 1.27 bits per heavy atom. The van der Waals surface area contributed by atoms with Gasteiger partial charge in [-0.3, -0.25) is 5.32 Å². The van der Waals surface area contributed by atoms with E-state index in [0.717, 1.165) is 50.5 Å². The zero-order valence-corrected chi connectivity index (χ0v) is 24.4. The van der Waals surface area contributed by atoms with Gasteiger partial charge in [-0.2, -0.15) is 0 Å². The van der Waals surface area contributed by atoms with Crippen LogP contribution >= 0.6 is 0 Å². The molecule has 0 spiro atoms. The van der Waals surface area contributed by atoms with Crippen LogP contribution in [0.5, 0.6) is 0 Å². The molecule has 5 heteroatoms. The Hall–Kier alpha value is -5.65. The molecule has 0 saturated heterocycles. The number of amidine groups is 1. The lowest BCUT2D eigenvalue weighted by Crippen LogP contribution is -2.49. The lowest BCUT2D eigenvalue weighted by Gasteiger charge is -2.36. The fraction of sp³-hybridized carbons (Fsp3) is 0.0750. The second kappa shape index (κ2) is 10.5. The zero-order chi connectivity index (χ0) is 29.7. The number of nitrogens with zero attached hydrogens (tertiary/aromatic N) is 1. The van der Waals surface area contributed by atoms with Crippen LogP contribution in [0, 0.1) is 0 Å². The van der Waals surface area contributed by atoms with Crippen molar-refractivity contribution in [2.45, 2.75) is 18.4 Å². The van der Waals surface area contributed by atoms with Gasteiger partial charge in [-0.05, 0) is 56.4 Å². The molecule has 0 radical (unpaired) electrons. The Labute approximate surface area is 260 Å². The van der Waals surface area contributed by atoms with Crippen molar-refractivity contribution in [1.82, 2.24) is 16.0 Å². The summed E-state index contributed by atoms with van der Waals surface area (Å²) in [6, 6.07) is 48.7. The lowest BCUT2D eigenvalue weighted by molar-refractivity contribution is 0.399. The Morgan fingerprint density at radius 1 is 0.578 bits per heavy atom. The number of hydrogen-bond acceptors (Lipinski definition) is 5. The van der Waals surface area contributed by atoms with E-state index in [4.69, 9.17) is 9.41 Å². The van der Waals surface area contributed by atoms with Gasteiger partial charge in [-0.1, -0.05) is 121 Å². The fourth-order valence-corrected chi connectivity index (χ4v) is 6.71. The molecule has 2 aliphatic rings. The Morgan fingerprint density at radius 3 is 2.09 bits per heavy atom. The van der Waals surface area contributed by atoms with Crippen LogP contribution in [-0.4, -0.2) is 5.84 Å². The van der Waals surface area contributed by atoms with E-state index in [1.807, 2.05) is 18.2 Å². The van der Waals surface area contributed by atoms with Gasteiger partial charge in [0.05, 0.1) is 0 Å². The van der Waals surface area contributed by atoms with Crippen molar-refractivity contribution >= 4 is 50.1 Å². The minimum Gasteiger partial charge on any atom is -0.456 e. The van der Waals surface area contributed by atoms with Crippen LogP contribution in [0.3, 0.4) is 0 Å². The summed E-state index contributed by atoms with van der Waals surface area (Å²) < 4.78 is 6.51. The summed E-state index contributed by atoms with van der Waals surface area (Å²) in [7, 11) is 0. The highest BCUT2D eigenvalue weighted by molar-refractivity contribution is 6.01. The van der Waals surface area contributed by atoms with E-state index < -0.39 is 0 Å². The second-order valence-electron chi connectivity index (χ2n) is 11.8. The molecule has 3 unspecified atom stereocenters. The number of para-hydroxylation sites is 1. The minimum absolute atomic E-state index is 0.161. The van der Waals surface area contributed by atoms with Crippen LogP contribution in [0.25, 0.3) is 44.3 Å². The summed E-state index contributed by atoms with van der Waals surface area (Å²) in [5.74, 6) is 1.71. The minimum atomic E-state index is -0.258. The van der Waals surface area contributed by atoms with Crippen LogP contribution in [0.2, 0.25) is 0 Å². The second-order valence-corrected chi connectivity index (χ2v) is 11.8. The molecule has 45 heavy (non-hydrogen) atoms. The number of benzene rings is 6. The predicted octanol–water partition coefficient (Wildman–Crippen LogP) is 8.87. The molecule has 216 valence electrons. The van der Waals surface area contributed by atoms with Crippen molar-refractivity contribution in [1.29, 1.82) is 0 Å². The monoisotopic (exact) mass is 582 g/mol. The van der Waals surface area contributed by atoms with Crippen molar-refractivity contribution in [3.8, 4) is 0 Å². The van der Waals surface area contributed by atoms with Crippen LogP contribution in [0.15, 0.2) is 149 Å². The molecule has 2 aliphatic heterocycles. The normalized spacial score (nSPS) is 19.4. The number of fused-ring (bicyclic) bond motifs is 5. The van der Waals surface area contributed by atoms with Crippen LogP contribution in [-0.2, 0) is 0 Å². The molecule has 7 aromatic rings. The quantitative estimate of drug-likeness (QED) is 0.194. The first-order valence-electron chi connectivity index (χ1n) is 15.4. The van der Waals surface area contributed by atoms with Gasteiger partial charge in [0.25, 0.3) is 0 Å². The van der Waals surface area contributed by atoms with E-state index in [9.17, 15) is 0 Å². The van der Waals surface area contributed by atoms with E-state index in [-0.39, 0.29) is 18.4 Å². The van der Waals surface area contributed by atoms with E-state index in [1.165, 1.54) is 21.5 Å². The highest BCUT2D eigenvalue weighted by Crippen LogP contribution is 2.40.